The number of Topliss-reactive ketones (excluding diaryl/α,β-unsaturated/α-hetero) is 1. The molecule has 3 fully saturated rings. The van der Waals surface area contributed by atoms with Crippen molar-refractivity contribution in [1.82, 2.24) is 0 Å². The maximum Gasteiger partial charge on any atom is 0.303 e. The lowest BCUT2D eigenvalue weighted by Crippen LogP contribution is -2.61. The second-order valence-corrected chi connectivity index (χ2v) is 10.8. The minimum Gasteiger partial charge on any atom is -0.451 e. The summed E-state index contributed by atoms with van der Waals surface area (Å²) in [5.41, 5.74) is -1.77. The summed E-state index contributed by atoms with van der Waals surface area (Å²) in [4.78, 5) is 36.9. The summed E-state index contributed by atoms with van der Waals surface area (Å²) in [6.45, 7) is 9.12. The molecule has 29 heavy (non-hydrogen) atoms. The molecule has 0 aromatic rings. The van der Waals surface area contributed by atoms with Crippen molar-refractivity contribution in [3.05, 3.63) is 11.6 Å². The first-order chi connectivity index (χ1) is 13.4. The van der Waals surface area contributed by atoms with Gasteiger partial charge in [-0.15, -0.1) is 0 Å². The van der Waals surface area contributed by atoms with Crippen LogP contribution in [0.1, 0.15) is 79.6 Å². The van der Waals surface area contributed by atoms with Crippen molar-refractivity contribution in [3.63, 3.8) is 0 Å². The lowest BCUT2D eigenvalue weighted by Gasteiger charge is -2.62. The highest BCUT2D eigenvalue weighted by molar-refractivity contribution is 5.92. The molecule has 160 valence electrons. The van der Waals surface area contributed by atoms with E-state index in [2.05, 4.69) is 13.8 Å². The van der Waals surface area contributed by atoms with Crippen LogP contribution in [0.15, 0.2) is 11.6 Å². The molecule has 0 aromatic carbocycles. The Morgan fingerprint density at radius 2 is 1.72 bits per heavy atom. The SMILES string of the molecule is CC(=O)O[C@]1(C(C)=O)CC[C@H]2[C@@H]3C[C@@](C)(O)C4=CC(=O)CC[C@]4(C)[C@H]3CC[C@@]21C. The van der Waals surface area contributed by atoms with E-state index in [-0.39, 0.29) is 28.8 Å². The Kier molecular flexibility index (Phi) is 4.48. The predicted molar refractivity (Wildman–Crippen MR) is 108 cm³/mol. The highest BCUT2D eigenvalue weighted by Crippen LogP contribution is 2.69. The Bertz CT molecular complexity index is 810. The lowest BCUT2D eigenvalue weighted by atomic mass is 9.44. The van der Waals surface area contributed by atoms with Crippen LogP contribution in [-0.2, 0) is 19.1 Å². The first-order valence-electron chi connectivity index (χ1n) is 11.1. The largest absolute Gasteiger partial charge is 0.451 e. The molecule has 0 spiro atoms. The molecule has 0 saturated heterocycles. The number of ketones is 2. The summed E-state index contributed by atoms with van der Waals surface area (Å²) in [6, 6.07) is 0. The van der Waals surface area contributed by atoms with Crippen molar-refractivity contribution in [2.45, 2.75) is 90.8 Å². The molecule has 5 heteroatoms. The van der Waals surface area contributed by atoms with E-state index >= 15 is 0 Å². The molecular formula is C24H34O5. The van der Waals surface area contributed by atoms with E-state index < -0.39 is 22.6 Å². The fourth-order valence-electron chi connectivity index (χ4n) is 8.06. The van der Waals surface area contributed by atoms with Crippen molar-refractivity contribution in [1.29, 1.82) is 0 Å². The average Bonchev–Trinajstić information content (AvgIpc) is 2.90. The highest BCUT2D eigenvalue weighted by Gasteiger charge is 2.69. The van der Waals surface area contributed by atoms with Crippen LogP contribution in [0.2, 0.25) is 0 Å². The smallest absolute Gasteiger partial charge is 0.303 e. The molecule has 3 saturated carbocycles. The van der Waals surface area contributed by atoms with Crippen LogP contribution in [0.3, 0.4) is 0 Å². The molecule has 0 unspecified atom stereocenters. The molecule has 7 atom stereocenters. The van der Waals surface area contributed by atoms with Crippen LogP contribution in [0.4, 0.5) is 0 Å². The fraction of sp³-hybridized carbons (Fsp3) is 0.792. The third kappa shape index (κ3) is 2.65. The maximum atomic E-state index is 12.8. The number of carbonyl (C=O) groups is 3. The normalized spacial score (nSPS) is 48.8. The molecule has 0 radical (unpaired) electrons. The molecule has 4 rings (SSSR count). The molecule has 0 aliphatic heterocycles. The first-order valence-corrected chi connectivity index (χ1v) is 11.1. The Balaban J connectivity index is 1.77. The van der Waals surface area contributed by atoms with Gasteiger partial charge in [-0.3, -0.25) is 14.4 Å². The highest BCUT2D eigenvalue weighted by atomic mass is 16.6. The molecule has 0 bridgehead atoms. The van der Waals surface area contributed by atoms with Gasteiger partial charge in [-0.25, -0.2) is 0 Å². The third-order valence-electron chi connectivity index (χ3n) is 9.29. The molecule has 1 N–H and O–H groups in total. The number of ether oxygens (including phenoxy) is 1. The average molecular weight is 403 g/mol. The molecule has 0 amide bonds. The third-order valence-corrected chi connectivity index (χ3v) is 9.29. The summed E-state index contributed by atoms with van der Waals surface area (Å²) < 4.78 is 5.80. The van der Waals surface area contributed by atoms with Gasteiger partial charge in [0, 0.05) is 18.8 Å². The maximum absolute atomic E-state index is 12.8. The standard InChI is InChI=1S/C24H34O5/c1-14(25)24(29-15(2)26)11-8-19-17-13-23(5,28)20-12-16(27)6-9-21(20,3)18(17)7-10-22(19,24)4/h12,17-19,28H,6-11,13H2,1-5H3/t17-,18+,19+,21-,22+,23-,24+/m1/s1. The number of hydrogen-bond acceptors (Lipinski definition) is 5. The second-order valence-electron chi connectivity index (χ2n) is 10.8. The van der Waals surface area contributed by atoms with Gasteiger partial charge >= 0.3 is 5.97 Å². The van der Waals surface area contributed by atoms with Crippen molar-refractivity contribution in [3.8, 4) is 0 Å². The zero-order valence-corrected chi connectivity index (χ0v) is 18.3. The zero-order valence-electron chi connectivity index (χ0n) is 18.3. The van der Waals surface area contributed by atoms with Crippen LogP contribution in [0.5, 0.6) is 0 Å². The number of carbonyl (C=O) groups excluding carboxylic acids is 3. The van der Waals surface area contributed by atoms with Gasteiger partial charge in [-0.05, 0) is 87.2 Å². The van der Waals surface area contributed by atoms with Gasteiger partial charge in [-0.2, -0.15) is 0 Å². The first kappa shape index (κ1) is 20.8. The van der Waals surface area contributed by atoms with E-state index in [0.717, 1.165) is 31.3 Å². The van der Waals surface area contributed by atoms with Crippen LogP contribution in [-0.4, -0.2) is 33.8 Å². The predicted octanol–water partition coefficient (Wildman–Crippen LogP) is 3.77. The van der Waals surface area contributed by atoms with E-state index in [1.165, 1.54) is 6.92 Å². The van der Waals surface area contributed by atoms with Crippen molar-refractivity contribution < 1.29 is 24.2 Å². The van der Waals surface area contributed by atoms with E-state index in [1.54, 1.807) is 13.0 Å². The van der Waals surface area contributed by atoms with Crippen LogP contribution < -0.4 is 0 Å². The van der Waals surface area contributed by atoms with Gasteiger partial charge in [0.15, 0.2) is 17.2 Å². The van der Waals surface area contributed by atoms with Crippen LogP contribution in [0, 0.1) is 28.6 Å². The topological polar surface area (TPSA) is 80.7 Å². The van der Waals surface area contributed by atoms with Crippen molar-refractivity contribution in [2.75, 3.05) is 0 Å². The monoisotopic (exact) mass is 402 g/mol. The molecule has 4 aliphatic carbocycles. The molecular weight excluding hydrogens is 368 g/mol. The van der Waals surface area contributed by atoms with Crippen molar-refractivity contribution in [2.24, 2.45) is 28.6 Å². The van der Waals surface area contributed by atoms with Gasteiger partial charge < -0.3 is 9.84 Å². The van der Waals surface area contributed by atoms with Crippen molar-refractivity contribution >= 4 is 17.5 Å². The Hall–Kier alpha value is -1.49. The van der Waals surface area contributed by atoms with E-state index in [0.29, 0.717) is 25.2 Å². The number of rotatable bonds is 2. The summed E-state index contributed by atoms with van der Waals surface area (Å²) in [6.07, 6.45) is 6.76. The van der Waals surface area contributed by atoms with Gasteiger partial charge in [-0.1, -0.05) is 13.8 Å². The number of fused-ring (bicyclic) bond motifs is 5. The second kappa shape index (κ2) is 6.26. The molecule has 5 nitrogen and oxygen atoms in total. The molecule has 0 heterocycles. The summed E-state index contributed by atoms with van der Waals surface area (Å²) >= 11 is 0. The number of aliphatic hydroxyl groups is 1. The van der Waals surface area contributed by atoms with Gasteiger partial charge in [0.25, 0.3) is 0 Å². The summed E-state index contributed by atoms with van der Waals surface area (Å²) in [5, 5.41) is 11.4. The van der Waals surface area contributed by atoms with Gasteiger partial charge in [0.05, 0.1) is 5.60 Å². The number of hydrogen-bond donors (Lipinski definition) is 1. The summed E-state index contributed by atoms with van der Waals surface area (Å²) in [5.74, 6) is 0.489. The molecule has 4 aliphatic rings. The van der Waals surface area contributed by atoms with Crippen LogP contribution >= 0.6 is 0 Å². The zero-order chi connectivity index (χ0) is 21.4. The minimum absolute atomic E-state index is 0.0613. The lowest BCUT2D eigenvalue weighted by molar-refractivity contribution is -0.190. The number of esters is 1. The Labute approximate surface area is 173 Å². The van der Waals surface area contributed by atoms with E-state index in [1.807, 2.05) is 6.92 Å². The fourth-order valence-corrected chi connectivity index (χ4v) is 8.06. The van der Waals surface area contributed by atoms with E-state index in [4.69, 9.17) is 4.74 Å². The molecule has 0 aromatic heterocycles. The quantitative estimate of drug-likeness (QED) is 0.711. The minimum atomic E-state index is -1.06. The Morgan fingerprint density at radius 1 is 1.07 bits per heavy atom. The van der Waals surface area contributed by atoms with Crippen LogP contribution in [0.25, 0.3) is 0 Å². The summed E-state index contributed by atoms with van der Waals surface area (Å²) in [7, 11) is 0. The van der Waals surface area contributed by atoms with Gasteiger partial charge in [0.1, 0.15) is 0 Å². The van der Waals surface area contributed by atoms with Gasteiger partial charge in [0.2, 0.25) is 0 Å². The van der Waals surface area contributed by atoms with E-state index in [9.17, 15) is 19.5 Å². The Morgan fingerprint density at radius 3 is 2.34 bits per heavy atom.